The first-order valence-corrected chi connectivity index (χ1v) is 11.7. The van der Waals surface area contributed by atoms with Gasteiger partial charge >= 0.3 is 5.97 Å². The van der Waals surface area contributed by atoms with Crippen molar-refractivity contribution >= 4 is 39.2 Å². The quantitative estimate of drug-likeness (QED) is 0.243. The van der Waals surface area contributed by atoms with Crippen LogP contribution < -0.4 is 9.64 Å². The van der Waals surface area contributed by atoms with E-state index in [1.165, 1.54) is 31.4 Å². The van der Waals surface area contributed by atoms with E-state index in [0.717, 1.165) is 32.1 Å². The monoisotopic (exact) mass is 518 g/mol. The van der Waals surface area contributed by atoms with Crippen molar-refractivity contribution in [1.82, 2.24) is 0 Å². The molecule has 33 heavy (non-hydrogen) atoms. The normalized spacial score (nSPS) is 14.1. The third-order valence-electron chi connectivity index (χ3n) is 5.70. The van der Waals surface area contributed by atoms with Crippen molar-refractivity contribution in [3.05, 3.63) is 56.5 Å². The van der Waals surface area contributed by atoms with E-state index < -0.39 is 10.9 Å². The Morgan fingerprint density at radius 3 is 2.39 bits per heavy atom. The minimum Gasteiger partial charge on any atom is -0.465 e. The molecule has 0 unspecified atom stereocenters. The molecule has 0 N–H and O–H groups in total. The second kappa shape index (κ2) is 10.8. The standard InChI is InChI=1S/C24H27BrN2O6/c1-15(2)26(23(28)16-7-5-4-6-8-16)21-11-10-18(14-19(21)24(29)32-3)33-22-12-9-17(27(30)31)13-20(22)25/h9-16H,4-8H2,1-3H3. The fourth-order valence-corrected chi connectivity index (χ4v) is 4.52. The molecule has 1 aliphatic carbocycles. The molecule has 9 heteroatoms. The number of nitro benzene ring substituents is 1. The molecule has 0 spiro atoms. The summed E-state index contributed by atoms with van der Waals surface area (Å²) in [6.45, 7) is 3.83. The summed E-state index contributed by atoms with van der Waals surface area (Å²) >= 11 is 3.28. The molecule has 2 aromatic carbocycles. The fourth-order valence-electron chi connectivity index (χ4n) is 4.07. The molecule has 3 rings (SSSR count). The van der Waals surface area contributed by atoms with Gasteiger partial charge in [-0.3, -0.25) is 14.9 Å². The number of nitrogens with zero attached hydrogens (tertiary/aromatic N) is 2. The molecule has 0 atom stereocenters. The highest BCUT2D eigenvalue weighted by Gasteiger charge is 2.31. The topological polar surface area (TPSA) is 99.0 Å². The number of nitro groups is 1. The molecule has 1 saturated carbocycles. The van der Waals surface area contributed by atoms with E-state index in [4.69, 9.17) is 9.47 Å². The molecule has 0 bridgehead atoms. The summed E-state index contributed by atoms with van der Waals surface area (Å²) in [7, 11) is 1.29. The molecule has 1 aliphatic rings. The average Bonchev–Trinajstić information content (AvgIpc) is 2.80. The van der Waals surface area contributed by atoms with Gasteiger partial charge in [-0.1, -0.05) is 19.3 Å². The van der Waals surface area contributed by atoms with Crippen LogP contribution in [0.25, 0.3) is 0 Å². The minimum absolute atomic E-state index is 0.0154. The van der Waals surface area contributed by atoms with Crippen LogP contribution >= 0.6 is 15.9 Å². The molecule has 1 amide bonds. The molecule has 0 heterocycles. The number of non-ortho nitro benzene ring substituents is 1. The highest BCUT2D eigenvalue weighted by molar-refractivity contribution is 9.10. The number of esters is 1. The van der Waals surface area contributed by atoms with Crippen LogP contribution in [0.1, 0.15) is 56.3 Å². The smallest absolute Gasteiger partial charge is 0.340 e. The summed E-state index contributed by atoms with van der Waals surface area (Å²) in [4.78, 5) is 38.2. The van der Waals surface area contributed by atoms with E-state index in [-0.39, 0.29) is 29.1 Å². The van der Waals surface area contributed by atoms with E-state index in [9.17, 15) is 19.7 Å². The number of carbonyl (C=O) groups excluding carboxylic acids is 2. The second-order valence-electron chi connectivity index (χ2n) is 8.28. The molecular weight excluding hydrogens is 492 g/mol. The van der Waals surface area contributed by atoms with Crippen LogP contribution in [0.5, 0.6) is 11.5 Å². The van der Waals surface area contributed by atoms with Gasteiger partial charge in [0.05, 0.1) is 27.8 Å². The van der Waals surface area contributed by atoms with E-state index >= 15 is 0 Å². The summed E-state index contributed by atoms with van der Waals surface area (Å²) in [5.41, 5.74) is 0.613. The van der Waals surface area contributed by atoms with Crippen LogP contribution in [-0.2, 0) is 9.53 Å². The second-order valence-corrected chi connectivity index (χ2v) is 9.14. The van der Waals surface area contributed by atoms with Crippen molar-refractivity contribution in [1.29, 1.82) is 0 Å². The highest BCUT2D eigenvalue weighted by Crippen LogP contribution is 2.36. The maximum absolute atomic E-state index is 13.4. The Kier molecular flexibility index (Phi) is 8.07. The first-order valence-electron chi connectivity index (χ1n) is 10.9. The number of hydrogen-bond acceptors (Lipinski definition) is 6. The van der Waals surface area contributed by atoms with Crippen LogP contribution in [-0.4, -0.2) is 30.0 Å². The molecule has 0 aromatic heterocycles. The number of anilines is 1. The van der Waals surface area contributed by atoms with E-state index in [2.05, 4.69) is 15.9 Å². The predicted molar refractivity (Wildman–Crippen MR) is 128 cm³/mol. The number of methoxy groups -OCH3 is 1. The first kappa shape index (κ1) is 24.7. The van der Waals surface area contributed by atoms with Crippen molar-refractivity contribution in [2.75, 3.05) is 12.0 Å². The predicted octanol–water partition coefficient (Wildman–Crippen LogP) is 6.26. The SMILES string of the molecule is COC(=O)c1cc(Oc2ccc([N+](=O)[O-])cc2Br)ccc1N(C(=O)C1CCCCC1)C(C)C. The van der Waals surface area contributed by atoms with Gasteiger partial charge in [0.15, 0.2) is 0 Å². The van der Waals surface area contributed by atoms with Gasteiger partial charge in [-0.25, -0.2) is 4.79 Å². The van der Waals surface area contributed by atoms with Gasteiger partial charge in [-0.05, 0) is 66.9 Å². The molecule has 2 aromatic rings. The Morgan fingerprint density at radius 2 is 1.82 bits per heavy atom. The Labute approximate surface area is 201 Å². The molecule has 0 radical (unpaired) electrons. The van der Waals surface area contributed by atoms with Gasteiger partial charge in [0.2, 0.25) is 5.91 Å². The lowest BCUT2D eigenvalue weighted by Crippen LogP contribution is -2.42. The molecule has 1 fully saturated rings. The Bertz CT molecular complexity index is 1050. The molecule has 176 valence electrons. The summed E-state index contributed by atoms with van der Waals surface area (Å²) in [6, 6.07) is 8.87. The van der Waals surface area contributed by atoms with Crippen molar-refractivity contribution in [3.63, 3.8) is 0 Å². The van der Waals surface area contributed by atoms with Crippen molar-refractivity contribution < 1.29 is 24.0 Å². The zero-order valence-corrected chi connectivity index (χ0v) is 20.5. The molecule has 0 aliphatic heterocycles. The third kappa shape index (κ3) is 5.71. The van der Waals surface area contributed by atoms with Gasteiger partial charge < -0.3 is 14.4 Å². The van der Waals surface area contributed by atoms with Gasteiger partial charge in [0.25, 0.3) is 5.69 Å². The third-order valence-corrected chi connectivity index (χ3v) is 6.31. The van der Waals surface area contributed by atoms with Gasteiger partial charge in [-0.2, -0.15) is 0 Å². The lowest BCUT2D eigenvalue weighted by molar-refractivity contribution is -0.384. The fraction of sp³-hybridized carbons (Fsp3) is 0.417. The van der Waals surface area contributed by atoms with Crippen molar-refractivity contribution in [2.24, 2.45) is 5.92 Å². The van der Waals surface area contributed by atoms with Gasteiger partial charge in [0, 0.05) is 24.1 Å². The Hall–Kier alpha value is -2.94. The maximum atomic E-state index is 13.4. The van der Waals surface area contributed by atoms with E-state index in [1.54, 1.807) is 17.0 Å². The summed E-state index contributed by atoms with van der Waals surface area (Å²) in [5, 5.41) is 11.0. The number of hydrogen-bond donors (Lipinski definition) is 0. The van der Waals surface area contributed by atoms with Gasteiger partial charge in [-0.15, -0.1) is 0 Å². The van der Waals surface area contributed by atoms with Crippen molar-refractivity contribution in [3.8, 4) is 11.5 Å². The van der Waals surface area contributed by atoms with Crippen LogP contribution in [0.4, 0.5) is 11.4 Å². The first-order chi connectivity index (χ1) is 15.7. The number of halogens is 1. The zero-order valence-electron chi connectivity index (χ0n) is 18.9. The van der Waals surface area contributed by atoms with Gasteiger partial charge in [0.1, 0.15) is 11.5 Å². The largest absolute Gasteiger partial charge is 0.465 e. The summed E-state index contributed by atoms with van der Waals surface area (Å²) in [5.74, 6) is 0.0614. The Balaban J connectivity index is 1.96. The Morgan fingerprint density at radius 1 is 1.12 bits per heavy atom. The minimum atomic E-state index is -0.583. The highest BCUT2D eigenvalue weighted by atomic mass is 79.9. The summed E-state index contributed by atoms with van der Waals surface area (Å²) in [6.07, 6.45) is 4.91. The van der Waals surface area contributed by atoms with Crippen LogP contribution in [0.2, 0.25) is 0 Å². The number of amides is 1. The zero-order chi connectivity index (χ0) is 24.1. The number of rotatable bonds is 7. The summed E-state index contributed by atoms with van der Waals surface area (Å²) < 4.78 is 11.3. The van der Waals surface area contributed by atoms with Crippen LogP contribution in [0.15, 0.2) is 40.9 Å². The number of carbonyl (C=O) groups is 2. The lowest BCUT2D eigenvalue weighted by Gasteiger charge is -2.33. The molecular formula is C24H27BrN2O6. The lowest BCUT2D eigenvalue weighted by atomic mass is 9.87. The maximum Gasteiger partial charge on any atom is 0.340 e. The van der Waals surface area contributed by atoms with E-state index in [0.29, 0.717) is 21.7 Å². The van der Waals surface area contributed by atoms with E-state index in [1.807, 2.05) is 13.8 Å². The van der Waals surface area contributed by atoms with Crippen molar-refractivity contribution in [2.45, 2.75) is 52.0 Å². The number of benzene rings is 2. The average molecular weight is 519 g/mol. The van der Waals surface area contributed by atoms with Crippen LogP contribution in [0.3, 0.4) is 0 Å². The molecule has 8 nitrogen and oxygen atoms in total. The molecule has 0 saturated heterocycles. The number of ether oxygens (including phenoxy) is 2. The van der Waals surface area contributed by atoms with Crippen LogP contribution in [0, 0.1) is 16.0 Å².